The Hall–Kier alpha value is -2.07. The van der Waals surface area contributed by atoms with E-state index in [1.165, 1.54) is 27.7 Å². The smallest absolute Gasteiger partial charge is 0.194 e. The molecule has 0 spiro atoms. The molecule has 1 fully saturated rings. The number of H-pyrrole nitrogens is 1. The number of halogens is 1. The van der Waals surface area contributed by atoms with Gasteiger partial charge in [-0.05, 0) is 44.0 Å². The fourth-order valence-corrected chi connectivity index (χ4v) is 3.85. The lowest BCUT2D eigenvalue weighted by Crippen LogP contribution is -2.48. The summed E-state index contributed by atoms with van der Waals surface area (Å²) >= 11 is 0. The van der Waals surface area contributed by atoms with Crippen LogP contribution in [0.1, 0.15) is 35.4 Å². The third-order valence-electron chi connectivity index (χ3n) is 5.58. The van der Waals surface area contributed by atoms with E-state index in [0.717, 1.165) is 31.2 Å². The first-order valence-electron chi connectivity index (χ1n) is 10.3. The number of rotatable bonds is 4. The Morgan fingerprint density at radius 1 is 1.37 bits per heavy atom. The first-order chi connectivity index (χ1) is 14.0. The van der Waals surface area contributed by atoms with Crippen molar-refractivity contribution in [1.82, 2.24) is 25.0 Å². The molecule has 1 unspecified atom stereocenters. The van der Waals surface area contributed by atoms with E-state index in [2.05, 4.69) is 59.3 Å². The van der Waals surface area contributed by atoms with Gasteiger partial charge >= 0.3 is 0 Å². The van der Waals surface area contributed by atoms with E-state index in [0.29, 0.717) is 13.2 Å². The van der Waals surface area contributed by atoms with Crippen LogP contribution in [0.25, 0.3) is 10.9 Å². The van der Waals surface area contributed by atoms with Gasteiger partial charge in [0, 0.05) is 48.5 Å². The molecular weight excluding hydrogens is 491 g/mol. The van der Waals surface area contributed by atoms with Crippen molar-refractivity contribution >= 4 is 40.8 Å². The summed E-state index contributed by atoms with van der Waals surface area (Å²) in [6, 6.07) is 6.56. The molecule has 4 rings (SSSR count). The maximum absolute atomic E-state index is 5.98. The maximum atomic E-state index is 5.98. The van der Waals surface area contributed by atoms with Gasteiger partial charge < -0.3 is 19.9 Å². The number of benzene rings is 1. The second kappa shape index (κ2) is 9.82. The highest BCUT2D eigenvalue weighted by Gasteiger charge is 2.25. The monoisotopic (exact) mass is 522 g/mol. The zero-order chi connectivity index (χ0) is 20.4. The Labute approximate surface area is 194 Å². The molecule has 8 heteroatoms. The van der Waals surface area contributed by atoms with Crippen molar-refractivity contribution in [2.24, 2.45) is 12.0 Å². The van der Waals surface area contributed by atoms with Crippen LogP contribution in [0.2, 0.25) is 0 Å². The van der Waals surface area contributed by atoms with Crippen molar-refractivity contribution in [2.45, 2.75) is 33.4 Å². The lowest BCUT2D eigenvalue weighted by atomic mass is 10.1. The molecule has 0 amide bonds. The highest BCUT2D eigenvalue weighted by atomic mass is 127. The molecule has 0 aliphatic carbocycles. The molecule has 2 aromatic heterocycles. The Bertz CT molecular complexity index is 1020. The zero-order valence-electron chi connectivity index (χ0n) is 18.1. The lowest BCUT2D eigenvalue weighted by Gasteiger charge is -2.34. The predicted octanol–water partition coefficient (Wildman–Crippen LogP) is 3.68. The van der Waals surface area contributed by atoms with Gasteiger partial charge in [0.25, 0.3) is 0 Å². The summed E-state index contributed by atoms with van der Waals surface area (Å²) in [6.07, 6.45) is 3.92. The van der Waals surface area contributed by atoms with Crippen LogP contribution in [0.3, 0.4) is 0 Å². The van der Waals surface area contributed by atoms with Gasteiger partial charge in [-0.25, -0.2) is 4.99 Å². The number of aromatic nitrogens is 3. The van der Waals surface area contributed by atoms with E-state index >= 15 is 0 Å². The lowest BCUT2D eigenvalue weighted by molar-refractivity contribution is -0.00805. The van der Waals surface area contributed by atoms with E-state index in [9.17, 15) is 0 Å². The number of ether oxygens (including phenoxy) is 1. The molecule has 30 heavy (non-hydrogen) atoms. The minimum absolute atomic E-state index is 0. The Balaban J connectivity index is 0.00000256. The molecule has 7 nitrogen and oxygen atoms in total. The number of morpholine rings is 1. The van der Waals surface area contributed by atoms with E-state index in [1.807, 2.05) is 24.1 Å². The average Bonchev–Trinajstić information content (AvgIpc) is 3.29. The van der Waals surface area contributed by atoms with Gasteiger partial charge in [0.1, 0.15) is 6.10 Å². The molecule has 1 atom stereocenters. The standard InChI is InChI=1S/C22H30N6O.HI/c1-5-23-22(28-8-9-29-21(14-28)18-12-25-27(4)13-18)24-11-17-6-7-20-19(10-17)15(2)16(3)26-20;/h6-7,10,12-13,21,26H,5,8-9,11,14H2,1-4H3,(H,23,24);1H. The number of nitrogens with zero attached hydrogens (tertiary/aromatic N) is 4. The van der Waals surface area contributed by atoms with Gasteiger partial charge in [-0.1, -0.05) is 6.07 Å². The van der Waals surface area contributed by atoms with Gasteiger partial charge in [0.2, 0.25) is 0 Å². The topological polar surface area (TPSA) is 70.5 Å². The highest BCUT2D eigenvalue weighted by Crippen LogP contribution is 2.24. The van der Waals surface area contributed by atoms with Crippen LogP contribution in [0.4, 0.5) is 0 Å². The van der Waals surface area contributed by atoms with E-state index < -0.39 is 0 Å². The van der Waals surface area contributed by atoms with Crippen LogP contribution in [0.15, 0.2) is 35.6 Å². The average molecular weight is 522 g/mol. The molecule has 2 N–H and O–H groups in total. The second-order valence-corrected chi connectivity index (χ2v) is 7.68. The summed E-state index contributed by atoms with van der Waals surface area (Å²) in [5.41, 5.74) is 6.05. The van der Waals surface area contributed by atoms with Crippen LogP contribution in [0, 0.1) is 13.8 Å². The fourth-order valence-electron chi connectivity index (χ4n) is 3.85. The van der Waals surface area contributed by atoms with Crippen LogP contribution in [-0.2, 0) is 18.3 Å². The van der Waals surface area contributed by atoms with Gasteiger partial charge in [-0.2, -0.15) is 5.10 Å². The fraction of sp³-hybridized carbons (Fsp3) is 0.455. The number of aryl methyl sites for hydroxylation is 3. The van der Waals surface area contributed by atoms with E-state index in [-0.39, 0.29) is 30.1 Å². The van der Waals surface area contributed by atoms with Crippen molar-refractivity contribution in [3.63, 3.8) is 0 Å². The summed E-state index contributed by atoms with van der Waals surface area (Å²) in [5.74, 6) is 0.937. The number of fused-ring (bicyclic) bond motifs is 1. The summed E-state index contributed by atoms with van der Waals surface area (Å²) < 4.78 is 7.80. The number of aliphatic imine (C=N–C) groups is 1. The summed E-state index contributed by atoms with van der Waals surface area (Å²) in [7, 11) is 1.93. The first-order valence-corrected chi connectivity index (χ1v) is 10.3. The summed E-state index contributed by atoms with van der Waals surface area (Å²) in [6.45, 7) is 10.2. The minimum Gasteiger partial charge on any atom is -0.370 e. The zero-order valence-corrected chi connectivity index (χ0v) is 20.4. The van der Waals surface area contributed by atoms with Crippen molar-refractivity contribution in [2.75, 3.05) is 26.2 Å². The van der Waals surface area contributed by atoms with Crippen LogP contribution in [-0.4, -0.2) is 51.9 Å². The Morgan fingerprint density at radius 3 is 2.93 bits per heavy atom. The third kappa shape index (κ3) is 4.80. The predicted molar refractivity (Wildman–Crippen MR) is 131 cm³/mol. The highest BCUT2D eigenvalue weighted by molar-refractivity contribution is 14.0. The SMILES string of the molecule is CCNC(=NCc1ccc2[nH]c(C)c(C)c2c1)N1CCOC(c2cnn(C)c2)C1.I. The number of guanidine groups is 1. The van der Waals surface area contributed by atoms with E-state index in [1.54, 1.807) is 0 Å². The minimum atomic E-state index is 0. The number of nitrogens with one attached hydrogen (secondary N) is 2. The summed E-state index contributed by atoms with van der Waals surface area (Å²) in [5, 5.41) is 9.00. The van der Waals surface area contributed by atoms with Crippen molar-refractivity contribution in [1.29, 1.82) is 0 Å². The van der Waals surface area contributed by atoms with Gasteiger partial charge in [-0.3, -0.25) is 4.68 Å². The molecule has 1 aromatic carbocycles. The molecule has 3 aromatic rings. The molecule has 1 aliphatic rings. The summed E-state index contributed by atoms with van der Waals surface area (Å²) in [4.78, 5) is 10.7. The normalized spacial score (nSPS) is 17.3. The van der Waals surface area contributed by atoms with Crippen LogP contribution in [0.5, 0.6) is 0 Å². The molecule has 0 bridgehead atoms. The maximum Gasteiger partial charge on any atom is 0.194 e. The van der Waals surface area contributed by atoms with Crippen molar-refractivity contribution in [3.05, 3.63) is 53.0 Å². The Kier molecular flexibility index (Phi) is 7.41. The number of aromatic amines is 1. The molecular formula is C22H31IN6O. The quantitative estimate of drug-likeness (QED) is 0.312. The van der Waals surface area contributed by atoms with Crippen molar-refractivity contribution < 1.29 is 4.74 Å². The number of hydrogen-bond acceptors (Lipinski definition) is 3. The molecule has 0 radical (unpaired) electrons. The molecule has 1 saturated heterocycles. The second-order valence-electron chi connectivity index (χ2n) is 7.68. The number of hydrogen-bond donors (Lipinski definition) is 2. The van der Waals surface area contributed by atoms with Gasteiger partial charge in [0.15, 0.2) is 5.96 Å². The molecule has 1 aliphatic heterocycles. The van der Waals surface area contributed by atoms with Gasteiger partial charge in [0.05, 0.1) is 25.9 Å². The van der Waals surface area contributed by atoms with Crippen molar-refractivity contribution in [3.8, 4) is 0 Å². The van der Waals surface area contributed by atoms with E-state index in [4.69, 9.17) is 9.73 Å². The molecule has 162 valence electrons. The van der Waals surface area contributed by atoms with Gasteiger partial charge in [-0.15, -0.1) is 24.0 Å². The third-order valence-corrected chi connectivity index (χ3v) is 5.58. The molecule has 3 heterocycles. The molecule has 0 saturated carbocycles. The Morgan fingerprint density at radius 2 is 2.20 bits per heavy atom. The first kappa shape index (κ1) is 22.6. The van der Waals surface area contributed by atoms with Crippen LogP contribution < -0.4 is 5.32 Å². The largest absolute Gasteiger partial charge is 0.370 e. The van der Waals surface area contributed by atoms with Crippen LogP contribution >= 0.6 is 24.0 Å².